The minimum Gasteiger partial charge on any atom is -0.456 e. The zero-order valence-corrected chi connectivity index (χ0v) is 18.3. The number of hydrogen-bond donors (Lipinski definition) is 1. The molecule has 1 amide bonds. The van der Waals surface area contributed by atoms with Crippen molar-refractivity contribution in [3.63, 3.8) is 0 Å². The zero-order chi connectivity index (χ0) is 22.5. The van der Waals surface area contributed by atoms with E-state index in [2.05, 4.69) is 34.2 Å². The highest BCUT2D eigenvalue weighted by atomic mass is 19.1. The van der Waals surface area contributed by atoms with Gasteiger partial charge in [-0.2, -0.15) is 0 Å². The van der Waals surface area contributed by atoms with Gasteiger partial charge in [-0.05, 0) is 81.5 Å². The standard InChI is InChI=1S/C25H27FN4O2/c1-29(2)20-11-14-30(15-12-20)24-10-7-19(16-23(24)26)28-25(31)18-5-8-21(9-6-18)32-22-4-3-13-27-17-22/h3-10,13,16-17,20H,11-12,14-15H2,1-2H3,(H,28,31). The van der Waals surface area contributed by atoms with Crippen LogP contribution in [0.15, 0.2) is 67.0 Å². The lowest BCUT2D eigenvalue weighted by Crippen LogP contribution is -2.42. The van der Waals surface area contributed by atoms with E-state index in [1.54, 1.807) is 60.9 Å². The van der Waals surface area contributed by atoms with Crippen molar-refractivity contribution < 1.29 is 13.9 Å². The van der Waals surface area contributed by atoms with Crippen LogP contribution in [-0.4, -0.2) is 49.0 Å². The third kappa shape index (κ3) is 5.23. The Morgan fingerprint density at radius 2 is 1.84 bits per heavy atom. The number of anilines is 2. The topological polar surface area (TPSA) is 57.7 Å². The number of amides is 1. The summed E-state index contributed by atoms with van der Waals surface area (Å²) in [5.74, 6) is 0.581. The molecule has 1 saturated heterocycles. The minimum absolute atomic E-state index is 0.308. The van der Waals surface area contributed by atoms with Crippen molar-refractivity contribution in [2.24, 2.45) is 0 Å². The van der Waals surface area contributed by atoms with E-state index in [0.717, 1.165) is 25.9 Å². The molecule has 0 bridgehead atoms. The summed E-state index contributed by atoms with van der Waals surface area (Å²) in [6.45, 7) is 1.64. The van der Waals surface area contributed by atoms with Crippen molar-refractivity contribution in [1.82, 2.24) is 9.88 Å². The van der Waals surface area contributed by atoms with Crippen LogP contribution < -0.4 is 15.0 Å². The lowest BCUT2D eigenvalue weighted by atomic mass is 10.0. The van der Waals surface area contributed by atoms with Gasteiger partial charge in [0, 0.05) is 36.6 Å². The Morgan fingerprint density at radius 3 is 2.47 bits per heavy atom. The summed E-state index contributed by atoms with van der Waals surface area (Å²) in [6.07, 6.45) is 5.29. The molecule has 1 aromatic heterocycles. The number of piperidine rings is 1. The summed E-state index contributed by atoms with van der Waals surface area (Å²) >= 11 is 0. The van der Waals surface area contributed by atoms with Crippen molar-refractivity contribution in [3.05, 3.63) is 78.4 Å². The number of benzene rings is 2. The van der Waals surface area contributed by atoms with E-state index < -0.39 is 0 Å². The largest absolute Gasteiger partial charge is 0.456 e. The quantitative estimate of drug-likeness (QED) is 0.604. The summed E-state index contributed by atoms with van der Waals surface area (Å²) in [7, 11) is 4.17. The maximum Gasteiger partial charge on any atom is 0.255 e. The van der Waals surface area contributed by atoms with Gasteiger partial charge >= 0.3 is 0 Å². The molecule has 3 aromatic rings. The minimum atomic E-state index is -0.327. The van der Waals surface area contributed by atoms with Crippen LogP contribution in [0.3, 0.4) is 0 Å². The molecule has 4 rings (SSSR count). The molecule has 0 radical (unpaired) electrons. The Labute approximate surface area is 187 Å². The number of rotatable bonds is 6. The lowest BCUT2D eigenvalue weighted by Gasteiger charge is -2.36. The molecule has 2 heterocycles. The van der Waals surface area contributed by atoms with Gasteiger partial charge in [0.1, 0.15) is 17.3 Å². The van der Waals surface area contributed by atoms with Gasteiger partial charge in [-0.1, -0.05) is 0 Å². The summed E-state index contributed by atoms with van der Waals surface area (Å²) in [5.41, 5.74) is 1.46. The summed E-state index contributed by atoms with van der Waals surface area (Å²) in [4.78, 5) is 20.9. The van der Waals surface area contributed by atoms with Crippen molar-refractivity contribution in [2.45, 2.75) is 18.9 Å². The smallest absolute Gasteiger partial charge is 0.255 e. The molecule has 0 spiro atoms. The molecule has 0 aliphatic carbocycles. The molecule has 6 nitrogen and oxygen atoms in total. The first kappa shape index (κ1) is 21.8. The Bertz CT molecular complexity index is 1050. The maximum absolute atomic E-state index is 14.8. The monoisotopic (exact) mass is 434 g/mol. The van der Waals surface area contributed by atoms with Gasteiger partial charge in [-0.25, -0.2) is 4.39 Å². The first-order valence-corrected chi connectivity index (χ1v) is 10.7. The second kappa shape index (κ2) is 9.78. The van der Waals surface area contributed by atoms with Crippen LogP contribution in [0, 0.1) is 5.82 Å². The fourth-order valence-corrected chi connectivity index (χ4v) is 3.89. The summed E-state index contributed by atoms with van der Waals surface area (Å²) < 4.78 is 20.5. The SMILES string of the molecule is CN(C)C1CCN(c2ccc(NC(=O)c3ccc(Oc4cccnc4)cc3)cc2F)CC1. The highest BCUT2D eigenvalue weighted by Crippen LogP contribution is 2.27. The molecule has 7 heteroatoms. The van der Waals surface area contributed by atoms with Crippen molar-refractivity contribution in [1.29, 1.82) is 0 Å². The van der Waals surface area contributed by atoms with Gasteiger partial charge in [0.25, 0.3) is 5.91 Å². The zero-order valence-electron chi connectivity index (χ0n) is 18.3. The molecule has 166 valence electrons. The Hall–Kier alpha value is -3.45. The number of halogens is 1. The fraction of sp³-hybridized carbons (Fsp3) is 0.280. The summed E-state index contributed by atoms with van der Waals surface area (Å²) in [6, 6.07) is 15.7. The maximum atomic E-state index is 14.8. The number of pyridine rings is 1. The molecule has 0 atom stereocenters. The Balaban J connectivity index is 1.37. The molecule has 1 fully saturated rings. The number of ether oxygens (including phenoxy) is 1. The van der Waals surface area contributed by atoms with Gasteiger partial charge in [0.05, 0.1) is 11.9 Å². The first-order chi connectivity index (χ1) is 15.5. The molecular weight excluding hydrogens is 407 g/mol. The van der Waals surface area contributed by atoms with Crippen LogP contribution in [0.25, 0.3) is 0 Å². The van der Waals surface area contributed by atoms with Gasteiger partial charge in [0.15, 0.2) is 0 Å². The van der Waals surface area contributed by atoms with Crippen molar-refractivity contribution in [3.8, 4) is 11.5 Å². The average Bonchev–Trinajstić information content (AvgIpc) is 2.80. The normalized spacial score (nSPS) is 14.4. The van der Waals surface area contributed by atoms with Gasteiger partial charge in [0.2, 0.25) is 0 Å². The number of hydrogen-bond acceptors (Lipinski definition) is 5. The molecule has 0 saturated carbocycles. The number of carbonyl (C=O) groups is 1. The van der Waals surface area contributed by atoms with Crippen LogP contribution >= 0.6 is 0 Å². The second-order valence-corrected chi connectivity index (χ2v) is 8.12. The van der Waals surface area contributed by atoms with Crippen LogP contribution in [0.4, 0.5) is 15.8 Å². The number of aromatic nitrogens is 1. The van der Waals surface area contributed by atoms with Crippen molar-refractivity contribution >= 4 is 17.3 Å². The van der Waals surface area contributed by atoms with E-state index in [1.165, 1.54) is 6.07 Å². The second-order valence-electron chi connectivity index (χ2n) is 8.12. The first-order valence-electron chi connectivity index (χ1n) is 10.7. The van der Waals surface area contributed by atoms with Crippen LogP contribution in [0.2, 0.25) is 0 Å². The molecule has 1 aliphatic heterocycles. The highest BCUT2D eigenvalue weighted by molar-refractivity contribution is 6.04. The van der Waals surface area contributed by atoms with E-state index in [4.69, 9.17) is 4.74 Å². The van der Waals surface area contributed by atoms with E-state index in [-0.39, 0.29) is 11.7 Å². The van der Waals surface area contributed by atoms with Crippen LogP contribution in [-0.2, 0) is 0 Å². The van der Waals surface area contributed by atoms with Gasteiger partial charge in [-0.15, -0.1) is 0 Å². The summed E-state index contributed by atoms with van der Waals surface area (Å²) in [5, 5.41) is 2.77. The molecule has 1 N–H and O–H groups in total. The van der Waals surface area contributed by atoms with E-state index in [9.17, 15) is 9.18 Å². The van der Waals surface area contributed by atoms with E-state index in [0.29, 0.717) is 34.5 Å². The predicted molar refractivity (Wildman–Crippen MR) is 124 cm³/mol. The third-order valence-electron chi connectivity index (χ3n) is 5.73. The van der Waals surface area contributed by atoms with Crippen LogP contribution in [0.1, 0.15) is 23.2 Å². The Kier molecular flexibility index (Phi) is 6.66. The molecule has 1 aliphatic rings. The number of nitrogens with zero attached hydrogens (tertiary/aromatic N) is 3. The van der Waals surface area contributed by atoms with E-state index in [1.807, 2.05) is 0 Å². The third-order valence-corrected chi connectivity index (χ3v) is 5.73. The van der Waals surface area contributed by atoms with Crippen LogP contribution in [0.5, 0.6) is 11.5 Å². The molecule has 0 unspecified atom stereocenters. The number of carbonyl (C=O) groups excluding carboxylic acids is 1. The average molecular weight is 435 g/mol. The van der Waals surface area contributed by atoms with Gasteiger partial charge < -0.3 is 19.9 Å². The number of nitrogens with one attached hydrogen (secondary N) is 1. The van der Waals surface area contributed by atoms with Crippen molar-refractivity contribution in [2.75, 3.05) is 37.4 Å². The Morgan fingerprint density at radius 1 is 1.09 bits per heavy atom. The van der Waals surface area contributed by atoms with Gasteiger partial charge in [-0.3, -0.25) is 9.78 Å². The highest BCUT2D eigenvalue weighted by Gasteiger charge is 2.22. The van der Waals surface area contributed by atoms with E-state index >= 15 is 0 Å². The fourth-order valence-electron chi connectivity index (χ4n) is 3.89. The molecule has 32 heavy (non-hydrogen) atoms. The molecule has 2 aromatic carbocycles. The predicted octanol–water partition coefficient (Wildman–Crippen LogP) is 4.80. The lowest BCUT2D eigenvalue weighted by molar-refractivity contribution is 0.102. The molecular formula is C25H27FN4O2.